The van der Waals surface area contributed by atoms with Gasteiger partial charge in [-0.15, -0.1) is 0 Å². The van der Waals surface area contributed by atoms with Crippen molar-refractivity contribution < 1.29 is 14.3 Å². The van der Waals surface area contributed by atoms with E-state index < -0.39 is 17.8 Å². The van der Waals surface area contributed by atoms with Crippen molar-refractivity contribution in [3.05, 3.63) is 41.8 Å². The summed E-state index contributed by atoms with van der Waals surface area (Å²) in [5, 5.41) is 18.8. The minimum absolute atomic E-state index is 0.0423. The highest BCUT2D eigenvalue weighted by Crippen LogP contribution is 2.23. The second kappa shape index (κ2) is 6.49. The van der Waals surface area contributed by atoms with E-state index in [4.69, 9.17) is 0 Å². The number of aromatic amines is 1. The van der Waals surface area contributed by atoms with Crippen LogP contribution in [0.3, 0.4) is 0 Å². The first-order valence-corrected chi connectivity index (χ1v) is 6.75. The molecular formula is C15H18FN3O2. The molecule has 2 aromatic rings. The maximum absolute atomic E-state index is 13.8. The lowest BCUT2D eigenvalue weighted by molar-refractivity contribution is 0.0872. The first-order chi connectivity index (χ1) is 10.0. The summed E-state index contributed by atoms with van der Waals surface area (Å²) in [6.07, 6.45) is 0.719. The number of benzene rings is 1. The molecule has 0 fully saturated rings. The van der Waals surface area contributed by atoms with Gasteiger partial charge in [0, 0.05) is 12.1 Å². The minimum atomic E-state index is -0.627. The molecule has 0 saturated heterocycles. The molecular weight excluding hydrogens is 273 g/mol. The van der Waals surface area contributed by atoms with Crippen LogP contribution in [0.15, 0.2) is 30.5 Å². The van der Waals surface area contributed by atoms with E-state index in [1.807, 2.05) is 13.8 Å². The van der Waals surface area contributed by atoms with E-state index >= 15 is 0 Å². The molecule has 1 amide bonds. The number of nitrogens with zero attached hydrogens (tertiary/aromatic N) is 1. The summed E-state index contributed by atoms with van der Waals surface area (Å²) in [6.45, 7) is 3.86. The van der Waals surface area contributed by atoms with Crippen molar-refractivity contribution in [1.29, 1.82) is 0 Å². The number of carbonyl (C=O) groups is 1. The molecule has 3 N–H and O–H groups in total. The monoisotopic (exact) mass is 291 g/mol. The molecule has 1 aromatic carbocycles. The number of hydrogen-bond donors (Lipinski definition) is 3. The summed E-state index contributed by atoms with van der Waals surface area (Å²) in [5.41, 5.74) is 0.852. The Morgan fingerprint density at radius 1 is 1.43 bits per heavy atom. The molecule has 0 radical (unpaired) electrons. The SMILES string of the molecule is CC(C)C(O)CNC(=O)c1cn[nH]c1-c1ccccc1F. The summed E-state index contributed by atoms with van der Waals surface area (Å²) in [4.78, 5) is 12.1. The summed E-state index contributed by atoms with van der Waals surface area (Å²) < 4.78 is 13.8. The van der Waals surface area contributed by atoms with E-state index in [2.05, 4.69) is 15.5 Å². The molecule has 1 heterocycles. The van der Waals surface area contributed by atoms with Gasteiger partial charge < -0.3 is 10.4 Å². The molecule has 21 heavy (non-hydrogen) atoms. The van der Waals surface area contributed by atoms with E-state index in [1.165, 1.54) is 12.3 Å². The number of aliphatic hydroxyl groups excluding tert-OH is 1. The highest BCUT2D eigenvalue weighted by atomic mass is 19.1. The standard InChI is InChI=1S/C15H18FN3O2/c1-9(2)13(20)8-17-15(21)11-7-18-19-14(11)10-5-3-4-6-12(10)16/h3-7,9,13,20H,8H2,1-2H3,(H,17,21)(H,18,19). The van der Waals surface area contributed by atoms with Crippen molar-refractivity contribution in [3.8, 4) is 11.3 Å². The third kappa shape index (κ3) is 3.46. The molecule has 0 aliphatic heterocycles. The van der Waals surface area contributed by atoms with Crippen LogP contribution >= 0.6 is 0 Å². The van der Waals surface area contributed by atoms with Gasteiger partial charge in [0.05, 0.1) is 23.6 Å². The Morgan fingerprint density at radius 2 is 2.14 bits per heavy atom. The number of amides is 1. The van der Waals surface area contributed by atoms with Crippen molar-refractivity contribution in [2.45, 2.75) is 20.0 Å². The molecule has 0 aliphatic carbocycles. The van der Waals surface area contributed by atoms with Crippen LogP contribution in [0.5, 0.6) is 0 Å². The molecule has 0 aliphatic rings. The molecule has 1 unspecified atom stereocenters. The molecule has 1 atom stereocenters. The Bertz CT molecular complexity index is 625. The predicted molar refractivity (Wildman–Crippen MR) is 77.2 cm³/mol. The average Bonchev–Trinajstić information content (AvgIpc) is 2.94. The van der Waals surface area contributed by atoms with Crippen LogP contribution in [0.1, 0.15) is 24.2 Å². The number of H-pyrrole nitrogens is 1. The molecule has 5 nitrogen and oxygen atoms in total. The van der Waals surface area contributed by atoms with E-state index in [1.54, 1.807) is 18.2 Å². The summed E-state index contributed by atoms with van der Waals surface area (Å²) in [6, 6.07) is 6.15. The molecule has 0 bridgehead atoms. The van der Waals surface area contributed by atoms with E-state index in [9.17, 15) is 14.3 Å². The summed E-state index contributed by atoms with van der Waals surface area (Å²) in [7, 11) is 0. The fraction of sp³-hybridized carbons (Fsp3) is 0.333. The minimum Gasteiger partial charge on any atom is -0.391 e. The molecule has 1 aromatic heterocycles. The predicted octanol–water partition coefficient (Wildman–Crippen LogP) is 1.96. The summed E-state index contributed by atoms with van der Waals surface area (Å²) in [5.74, 6) is -0.791. The van der Waals surface area contributed by atoms with Gasteiger partial charge in [0.15, 0.2) is 0 Å². The Kier molecular flexibility index (Phi) is 4.70. The Hall–Kier alpha value is -2.21. The zero-order valence-corrected chi connectivity index (χ0v) is 11.9. The van der Waals surface area contributed by atoms with Crippen LogP contribution in [0.2, 0.25) is 0 Å². The van der Waals surface area contributed by atoms with Gasteiger partial charge in [-0.1, -0.05) is 26.0 Å². The number of carbonyl (C=O) groups excluding carboxylic acids is 1. The third-order valence-electron chi connectivity index (χ3n) is 3.27. The van der Waals surface area contributed by atoms with Crippen LogP contribution in [0.4, 0.5) is 4.39 Å². The molecule has 0 saturated carbocycles. The zero-order valence-electron chi connectivity index (χ0n) is 11.9. The number of hydrogen-bond acceptors (Lipinski definition) is 3. The van der Waals surface area contributed by atoms with Crippen LogP contribution in [-0.4, -0.2) is 33.9 Å². The van der Waals surface area contributed by atoms with Crippen molar-refractivity contribution in [2.75, 3.05) is 6.54 Å². The second-order valence-corrected chi connectivity index (χ2v) is 5.16. The third-order valence-corrected chi connectivity index (χ3v) is 3.27. The van der Waals surface area contributed by atoms with Crippen LogP contribution in [0.25, 0.3) is 11.3 Å². The Balaban J connectivity index is 2.17. The normalized spacial score (nSPS) is 12.4. The number of nitrogens with one attached hydrogen (secondary N) is 2. The number of aromatic nitrogens is 2. The highest BCUT2D eigenvalue weighted by molar-refractivity contribution is 5.99. The highest BCUT2D eigenvalue weighted by Gasteiger charge is 2.18. The first-order valence-electron chi connectivity index (χ1n) is 6.75. The lowest BCUT2D eigenvalue weighted by Crippen LogP contribution is -2.34. The maximum atomic E-state index is 13.8. The summed E-state index contributed by atoms with van der Waals surface area (Å²) >= 11 is 0. The Labute approximate surface area is 122 Å². The van der Waals surface area contributed by atoms with Crippen molar-refractivity contribution >= 4 is 5.91 Å². The first kappa shape index (κ1) is 15.2. The van der Waals surface area contributed by atoms with Crippen molar-refractivity contribution in [1.82, 2.24) is 15.5 Å². The molecule has 112 valence electrons. The smallest absolute Gasteiger partial charge is 0.255 e. The fourth-order valence-electron chi connectivity index (χ4n) is 1.86. The topological polar surface area (TPSA) is 78.0 Å². The van der Waals surface area contributed by atoms with Gasteiger partial charge in [0.25, 0.3) is 5.91 Å². The average molecular weight is 291 g/mol. The van der Waals surface area contributed by atoms with Crippen LogP contribution in [-0.2, 0) is 0 Å². The lowest BCUT2D eigenvalue weighted by Gasteiger charge is -2.15. The van der Waals surface area contributed by atoms with E-state index in [0.717, 1.165) is 0 Å². The van der Waals surface area contributed by atoms with Gasteiger partial charge in [-0.25, -0.2) is 4.39 Å². The maximum Gasteiger partial charge on any atom is 0.255 e. The lowest BCUT2D eigenvalue weighted by atomic mass is 10.1. The number of rotatable bonds is 5. The van der Waals surface area contributed by atoms with E-state index in [-0.39, 0.29) is 23.6 Å². The van der Waals surface area contributed by atoms with Gasteiger partial charge in [0.2, 0.25) is 0 Å². The number of aliphatic hydroxyl groups is 1. The fourth-order valence-corrected chi connectivity index (χ4v) is 1.86. The number of halogens is 1. The largest absolute Gasteiger partial charge is 0.391 e. The van der Waals surface area contributed by atoms with E-state index in [0.29, 0.717) is 5.69 Å². The van der Waals surface area contributed by atoms with Crippen LogP contribution < -0.4 is 5.32 Å². The quantitative estimate of drug-likeness (QED) is 0.788. The van der Waals surface area contributed by atoms with Gasteiger partial charge >= 0.3 is 0 Å². The molecule has 2 rings (SSSR count). The van der Waals surface area contributed by atoms with Gasteiger partial charge in [-0.3, -0.25) is 9.89 Å². The molecule has 6 heteroatoms. The van der Waals surface area contributed by atoms with Gasteiger partial charge in [0.1, 0.15) is 5.82 Å². The van der Waals surface area contributed by atoms with Crippen molar-refractivity contribution in [2.24, 2.45) is 5.92 Å². The van der Waals surface area contributed by atoms with Crippen molar-refractivity contribution in [3.63, 3.8) is 0 Å². The van der Waals surface area contributed by atoms with Crippen LogP contribution in [0, 0.1) is 11.7 Å². The Morgan fingerprint density at radius 3 is 2.81 bits per heavy atom. The van der Waals surface area contributed by atoms with Gasteiger partial charge in [-0.05, 0) is 18.1 Å². The van der Waals surface area contributed by atoms with Gasteiger partial charge in [-0.2, -0.15) is 5.10 Å². The second-order valence-electron chi connectivity index (χ2n) is 5.16. The zero-order chi connectivity index (χ0) is 15.4. The molecule has 0 spiro atoms.